The van der Waals surface area contributed by atoms with Gasteiger partial charge in [0.05, 0.1) is 24.0 Å². The molecule has 9 heteroatoms. The zero-order valence-electron chi connectivity index (χ0n) is 23.1. The number of para-hydroxylation sites is 1. The minimum absolute atomic E-state index is 0.0164. The Balaban J connectivity index is 1.58. The van der Waals surface area contributed by atoms with Gasteiger partial charge in [-0.3, -0.25) is 9.59 Å². The number of imidazole rings is 1. The van der Waals surface area contributed by atoms with Gasteiger partial charge in [0.15, 0.2) is 5.82 Å². The van der Waals surface area contributed by atoms with E-state index in [9.17, 15) is 9.59 Å². The molecule has 2 aromatic carbocycles. The number of likely N-dealkylation sites (N-methyl/N-ethyl adjacent to an activating group) is 1. The molecule has 0 spiro atoms. The second-order valence-corrected chi connectivity index (χ2v) is 10.3. The maximum absolute atomic E-state index is 13.2. The predicted molar refractivity (Wildman–Crippen MR) is 154 cm³/mol. The lowest BCUT2D eigenvalue weighted by atomic mass is 10.1. The Morgan fingerprint density at radius 1 is 1.00 bits per heavy atom. The first-order valence-corrected chi connectivity index (χ1v) is 13.5. The molecule has 0 bridgehead atoms. The summed E-state index contributed by atoms with van der Waals surface area (Å²) < 4.78 is 2.26. The number of benzene rings is 2. The van der Waals surface area contributed by atoms with E-state index in [4.69, 9.17) is 15.8 Å². The third-order valence-corrected chi connectivity index (χ3v) is 6.81. The van der Waals surface area contributed by atoms with E-state index in [0.717, 1.165) is 64.6 Å². The first-order valence-electron chi connectivity index (χ1n) is 13.5. The second-order valence-electron chi connectivity index (χ2n) is 10.3. The highest BCUT2D eigenvalue weighted by atomic mass is 16.4. The van der Waals surface area contributed by atoms with Crippen molar-refractivity contribution in [3.8, 4) is 0 Å². The molecular weight excluding hydrogens is 492 g/mol. The molecule has 0 fully saturated rings. The van der Waals surface area contributed by atoms with E-state index >= 15 is 0 Å². The lowest BCUT2D eigenvalue weighted by Crippen LogP contribution is -2.38. The molecule has 206 valence electrons. The minimum atomic E-state index is -0.860. The molecule has 2 heterocycles. The number of rotatable bonds is 13. The van der Waals surface area contributed by atoms with E-state index in [2.05, 4.69) is 22.5 Å². The molecule has 0 unspecified atom stereocenters. The van der Waals surface area contributed by atoms with Crippen molar-refractivity contribution >= 4 is 39.6 Å². The third kappa shape index (κ3) is 6.92. The van der Waals surface area contributed by atoms with E-state index in [0.29, 0.717) is 32.0 Å². The lowest BCUT2D eigenvalue weighted by molar-refractivity contribution is -0.136. The Morgan fingerprint density at radius 2 is 1.72 bits per heavy atom. The quantitative estimate of drug-likeness (QED) is 0.267. The number of aromatic nitrogens is 3. The van der Waals surface area contributed by atoms with Gasteiger partial charge in [-0.1, -0.05) is 55.8 Å². The number of fused-ring (bicyclic) bond motifs is 3. The number of nitrogen functional groups attached to an aromatic ring is 1. The summed E-state index contributed by atoms with van der Waals surface area (Å²) in [4.78, 5) is 37.4. The van der Waals surface area contributed by atoms with Crippen LogP contribution >= 0.6 is 0 Å². The number of carbonyl (C=O) groups is 2. The van der Waals surface area contributed by atoms with Crippen LogP contribution in [0.4, 0.5) is 5.82 Å². The standard InChI is InChI=1S/C30H38N6O3/c1-4-5-11-25-33-28-29(23-9-6-7-10-24(23)32-30(28)31)36(25)17-8-16-35(26(37)20-34(2)3)19-22-14-12-21(13-15-22)18-27(38)39/h6-7,9-10,12-15H,4-5,8,11,16-20H2,1-3H3,(H2,31,32)(H,38,39). The highest BCUT2D eigenvalue weighted by molar-refractivity contribution is 6.06. The number of hydrogen-bond acceptors (Lipinski definition) is 6. The summed E-state index contributed by atoms with van der Waals surface area (Å²) in [6.45, 7) is 4.23. The maximum atomic E-state index is 13.2. The zero-order chi connectivity index (χ0) is 27.9. The summed E-state index contributed by atoms with van der Waals surface area (Å²) in [6, 6.07) is 15.4. The molecule has 4 rings (SSSR count). The van der Waals surface area contributed by atoms with Gasteiger partial charge in [-0.05, 0) is 44.1 Å². The SMILES string of the molecule is CCCCc1nc2c(N)nc3ccccc3c2n1CCCN(Cc1ccc(CC(=O)O)cc1)C(=O)CN(C)C. The number of pyridine rings is 1. The van der Waals surface area contributed by atoms with Crippen LogP contribution in [0.3, 0.4) is 0 Å². The number of hydrogen-bond donors (Lipinski definition) is 2. The summed E-state index contributed by atoms with van der Waals surface area (Å²) in [7, 11) is 3.77. The fourth-order valence-electron chi connectivity index (χ4n) is 4.91. The molecule has 0 radical (unpaired) electrons. The van der Waals surface area contributed by atoms with Crippen LogP contribution in [0, 0.1) is 0 Å². The number of nitrogens with zero attached hydrogens (tertiary/aromatic N) is 5. The van der Waals surface area contributed by atoms with Crippen LogP contribution in [0.15, 0.2) is 48.5 Å². The van der Waals surface area contributed by atoms with Gasteiger partial charge in [0.2, 0.25) is 5.91 Å². The monoisotopic (exact) mass is 530 g/mol. The number of carboxylic acids is 1. The number of aryl methyl sites for hydroxylation is 2. The van der Waals surface area contributed by atoms with Gasteiger partial charge in [0, 0.05) is 31.4 Å². The summed E-state index contributed by atoms with van der Waals surface area (Å²) in [5, 5.41) is 10.1. The predicted octanol–water partition coefficient (Wildman–Crippen LogP) is 4.12. The Hall–Kier alpha value is -3.98. The van der Waals surface area contributed by atoms with Crippen molar-refractivity contribution < 1.29 is 14.7 Å². The molecule has 4 aromatic rings. The molecule has 39 heavy (non-hydrogen) atoms. The zero-order valence-corrected chi connectivity index (χ0v) is 23.1. The van der Waals surface area contributed by atoms with Crippen molar-refractivity contribution in [2.24, 2.45) is 0 Å². The van der Waals surface area contributed by atoms with Crippen molar-refractivity contribution in [1.29, 1.82) is 0 Å². The second kappa shape index (κ2) is 12.7. The van der Waals surface area contributed by atoms with Crippen LogP contribution in [-0.2, 0) is 35.5 Å². The largest absolute Gasteiger partial charge is 0.481 e. The minimum Gasteiger partial charge on any atom is -0.481 e. The number of unbranched alkanes of at least 4 members (excludes halogenated alkanes) is 1. The van der Waals surface area contributed by atoms with Crippen LogP contribution in [0.25, 0.3) is 21.9 Å². The van der Waals surface area contributed by atoms with Crippen molar-refractivity contribution in [2.75, 3.05) is 32.9 Å². The van der Waals surface area contributed by atoms with Crippen LogP contribution < -0.4 is 5.73 Å². The Morgan fingerprint density at radius 3 is 2.41 bits per heavy atom. The fraction of sp³-hybridized carbons (Fsp3) is 0.400. The van der Waals surface area contributed by atoms with Gasteiger partial charge in [-0.25, -0.2) is 9.97 Å². The molecule has 3 N–H and O–H groups in total. The number of aliphatic carboxylic acids is 1. The lowest BCUT2D eigenvalue weighted by Gasteiger charge is -2.25. The molecule has 0 saturated heterocycles. The van der Waals surface area contributed by atoms with Gasteiger partial charge in [0.25, 0.3) is 0 Å². The third-order valence-electron chi connectivity index (χ3n) is 6.81. The molecule has 2 aromatic heterocycles. The first-order chi connectivity index (χ1) is 18.8. The number of amides is 1. The van der Waals surface area contributed by atoms with Crippen molar-refractivity contribution in [3.05, 3.63) is 65.5 Å². The maximum Gasteiger partial charge on any atom is 0.307 e. The van der Waals surface area contributed by atoms with Crippen LogP contribution in [0.2, 0.25) is 0 Å². The summed E-state index contributed by atoms with van der Waals surface area (Å²) in [5.74, 6) is 0.627. The van der Waals surface area contributed by atoms with E-state index in [1.54, 1.807) is 0 Å². The van der Waals surface area contributed by atoms with Crippen molar-refractivity contribution in [2.45, 2.75) is 52.1 Å². The highest BCUT2D eigenvalue weighted by Gasteiger charge is 2.19. The Bertz CT molecular complexity index is 1440. The average molecular weight is 531 g/mol. The number of nitrogens with two attached hydrogens (primary N) is 1. The van der Waals surface area contributed by atoms with E-state index < -0.39 is 5.97 Å². The molecule has 1 amide bonds. The van der Waals surface area contributed by atoms with Crippen molar-refractivity contribution in [3.63, 3.8) is 0 Å². The number of carboxylic acid groups (broad SMARTS) is 1. The van der Waals surface area contributed by atoms with E-state index in [1.165, 1.54) is 0 Å². The summed E-state index contributed by atoms with van der Waals surface area (Å²) in [5.41, 5.74) is 10.6. The van der Waals surface area contributed by atoms with Gasteiger partial charge in [-0.2, -0.15) is 0 Å². The average Bonchev–Trinajstić information content (AvgIpc) is 3.26. The van der Waals surface area contributed by atoms with Gasteiger partial charge in [-0.15, -0.1) is 0 Å². The van der Waals surface area contributed by atoms with Gasteiger partial charge >= 0.3 is 5.97 Å². The van der Waals surface area contributed by atoms with Crippen LogP contribution in [-0.4, -0.2) is 68.5 Å². The van der Waals surface area contributed by atoms with E-state index in [1.807, 2.05) is 66.4 Å². The van der Waals surface area contributed by atoms with Crippen molar-refractivity contribution in [1.82, 2.24) is 24.3 Å². The van der Waals surface area contributed by atoms with Gasteiger partial charge in [0.1, 0.15) is 11.3 Å². The molecular formula is C30H38N6O3. The highest BCUT2D eigenvalue weighted by Crippen LogP contribution is 2.29. The molecule has 0 atom stereocenters. The smallest absolute Gasteiger partial charge is 0.307 e. The van der Waals surface area contributed by atoms with Crippen LogP contribution in [0.5, 0.6) is 0 Å². The molecule has 0 aliphatic rings. The topological polar surface area (TPSA) is 118 Å². The Kier molecular flexibility index (Phi) is 9.14. The molecule has 0 aliphatic heterocycles. The number of anilines is 1. The molecule has 0 saturated carbocycles. The normalized spacial score (nSPS) is 11.5. The fourth-order valence-corrected chi connectivity index (χ4v) is 4.91. The Labute approximate surface area is 229 Å². The summed E-state index contributed by atoms with van der Waals surface area (Å²) in [6.07, 6.45) is 3.68. The number of carbonyl (C=O) groups excluding carboxylic acids is 1. The summed E-state index contributed by atoms with van der Waals surface area (Å²) >= 11 is 0. The molecule has 0 aliphatic carbocycles. The van der Waals surface area contributed by atoms with Crippen LogP contribution in [0.1, 0.15) is 43.1 Å². The van der Waals surface area contributed by atoms with E-state index in [-0.39, 0.29) is 12.3 Å². The molecule has 9 nitrogen and oxygen atoms in total. The van der Waals surface area contributed by atoms with Gasteiger partial charge < -0.3 is 25.2 Å². The first kappa shape index (κ1) is 28.0.